The molecule has 0 N–H and O–H groups in total. The van der Waals surface area contributed by atoms with E-state index < -0.39 is 17.7 Å². The quantitative estimate of drug-likeness (QED) is 0.356. The van der Waals surface area contributed by atoms with E-state index in [0.717, 1.165) is 23.9 Å². The lowest BCUT2D eigenvalue weighted by molar-refractivity contribution is -0.138. The van der Waals surface area contributed by atoms with Gasteiger partial charge in [-0.05, 0) is 68.1 Å². The number of carbonyl (C=O) groups is 1. The lowest BCUT2D eigenvalue weighted by Crippen LogP contribution is -2.14. The molecule has 0 unspecified atom stereocenters. The van der Waals surface area contributed by atoms with Crippen LogP contribution in [0.4, 0.5) is 18.9 Å². The Bertz CT molecular complexity index is 921. The molecular weight excluding hydrogens is 381 g/mol. The molecule has 7 heteroatoms. The van der Waals surface area contributed by atoms with Crippen LogP contribution in [0.5, 0.6) is 0 Å². The van der Waals surface area contributed by atoms with Gasteiger partial charge in [-0.15, -0.1) is 0 Å². The molecule has 0 atom stereocenters. The fourth-order valence-corrected chi connectivity index (χ4v) is 2.69. The van der Waals surface area contributed by atoms with Gasteiger partial charge in [0.2, 0.25) is 0 Å². The van der Waals surface area contributed by atoms with Crippen LogP contribution in [0.25, 0.3) is 0 Å². The third kappa shape index (κ3) is 5.82. The molecule has 156 valence electrons. The first-order valence-electron chi connectivity index (χ1n) is 9.22. The first kappa shape index (κ1) is 22.5. The Morgan fingerprint density at radius 3 is 2.41 bits per heavy atom. The lowest BCUT2D eigenvalue weighted by atomic mass is 10.0. The van der Waals surface area contributed by atoms with Crippen molar-refractivity contribution in [2.75, 3.05) is 13.6 Å². The minimum Gasteiger partial charge on any atom is -0.457 e. The Morgan fingerprint density at radius 2 is 1.79 bits per heavy atom. The number of benzene rings is 2. The first-order valence-corrected chi connectivity index (χ1v) is 9.22. The molecule has 29 heavy (non-hydrogen) atoms. The van der Waals surface area contributed by atoms with E-state index in [1.807, 2.05) is 25.8 Å². The second-order valence-corrected chi connectivity index (χ2v) is 6.99. The topological polar surface area (TPSA) is 41.9 Å². The summed E-state index contributed by atoms with van der Waals surface area (Å²) in [7, 11) is 1.91. The summed E-state index contributed by atoms with van der Waals surface area (Å²) in [6, 6.07) is 7.40. The summed E-state index contributed by atoms with van der Waals surface area (Å²) in [6.07, 6.45) is -2.73. The van der Waals surface area contributed by atoms with E-state index >= 15 is 0 Å². The maximum absolute atomic E-state index is 13.0. The zero-order chi connectivity index (χ0) is 21.8. The predicted octanol–water partition coefficient (Wildman–Crippen LogP) is 5.60. The molecule has 2 aromatic rings. The van der Waals surface area contributed by atoms with Crippen LogP contribution in [0.2, 0.25) is 0 Å². The third-order valence-electron chi connectivity index (χ3n) is 4.63. The van der Waals surface area contributed by atoms with Gasteiger partial charge in [-0.2, -0.15) is 13.2 Å². The lowest BCUT2D eigenvalue weighted by Gasteiger charge is -2.13. The molecule has 0 spiro atoms. The number of hydrogen-bond donors (Lipinski definition) is 0. The maximum atomic E-state index is 13.0. The number of halogens is 3. The summed E-state index contributed by atoms with van der Waals surface area (Å²) in [5.74, 6) is -0.582. The van der Waals surface area contributed by atoms with Crippen molar-refractivity contribution in [3.8, 4) is 0 Å². The van der Waals surface area contributed by atoms with Crippen LogP contribution >= 0.6 is 0 Å². The number of esters is 1. The highest BCUT2D eigenvalue weighted by molar-refractivity contribution is 5.92. The molecule has 0 amide bonds. The largest absolute Gasteiger partial charge is 0.457 e. The molecule has 0 bridgehead atoms. The molecule has 0 aliphatic rings. The molecule has 2 rings (SSSR count). The summed E-state index contributed by atoms with van der Waals surface area (Å²) in [6.45, 7) is 7.60. The number of rotatable bonds is 6. The number of aliphatic imine (C=N–C) groups is 1. The molecule has 0 fully saturated rings. The van der Waals surface area contributed by atoms with Gasteiger partial charge in [-0.3, -0.25) is 0 Å². The van der Waals surface area contributed by atoms with Gasteiger partial charge < -0.3 is 9.64 Å². The smallest absolute Gasteiger partial charge is 0.416 e. The Kier molecular flexibility index (Phi) is 7.06. The SMILES string of the molecule is CCN(C)/C=N/c1cc(C)c(C(=O)OCc2ccc(C)c(C(F)(F)F)c2)cc1C. The van der Waals surface area contributed by atoms with Gasteiger partial charge in [0.05, 0.1) is 23.2 Å². The Hall–Kier alpha value is -2.83. The monoisotopic (exact) mass is 406 g/mol. The van der Waals surface area contributed by atoms with Crippen molar-refractivity contribution in [1.29, 1.82) is 0 Å². The van der Waals surface area contributed by atoms with Gasteiger partial charge in [0, 0.05) is 13.6 Å². The first-order chi connectivity index (χ1) is 13.5. The van der Waals surface area contributed by atoms with Gasteiger partial charge in [0.1, 0.15) is 6.61 Å². The van der Waals surface area contributed by atoms with Crippen molar-refractivity contribution >= 4 is 18.0 Å². The summed E-state index contributed by atoms with van der Waals surface area (Å²) < 4.78 is 44.4. The van der Waals surface area contributed by atoms with E-state index in [9.17, 15) is 18.0 Å². The van der Waals surface area contributed by atoms with E-state index in [-0.39, 0.29) is 17.7 Å². The van der Waals surface area contributed by atoms with Crippen LogP contribution in [0, 0.1) is 20.8 Å². The molecule has 0 aliphatic heterocycles. The van der Waals surface area contributed by atoms with Gasteiger partial charge in [-0.1, -0.05) is 12.1 Å². The standard InChI is InChI=1S/C22H25F3N2O2/c1-6-27(5)13-26-20-10-15(3)18(9-16(20)4)21(28)29-12-17-8-7-14(2)19(11-17)22(23,24)25/h7-11,13H,6,12H2,1-5H3/b26-13+. The minimum absolute atomic E-state index is 0.129. The molecule has 0 radical (unpaired) electrons. The third-order valence-corrected chi connectivity index (χ3v) is 4.63. The molecule has 0 saturated heterocycles. The van der Waals surface area contributed by atoms with Gasteiger partial charge in [-0.25, -0.2) is 9.79 Å². The molecule has 0 heterocycles. The molecule has 2 aromatic carbocycles. The number of aryl methyl sites for hydroxylation is 3. The molecular formula is C22H25F3N2O2. The Labute approximate surface area is 169 Å². The van der Waals surface area contributed by atoms with Crippen molar-refractivity contribution in [2.45, 2.75) is 40.5 Å². The summed E-state index contributed by atoms with van der Waals surface area (Å²) >= 11 is 0. The van der Waals surface area contributed by atoms with Crippen LogP contribution in [0.15, 0.2) is 35.3 Å². The Balaban J connectivity index is 2.16. The van der Waals surface area contributed by atoms with Crippen molar-refractivity contribution in [2.24, 2.45) is 4.99 Å². The predicted molar refractivity (Wildman–Crippen MR) is 108 cm³/mol. The van der Waals surface area contributed by atoms with E-state index in [1.54, 1.807) is 25.4 Å². The second-order valence-electron chi connectivity index (χ2n) is 6.99. The summed E-state index contributed by atoms with van der Waals surface area (Å²) in [5.41, 5.74) is 2.29. The van der Waals surface area contributed by atoms with E-state index in [4.69, 9.17) is 4.74 Å². The van der Waals surface area contributed by atoms with E-state index in [0.29, 0.717) is 11.1 Å². The highest BCUT2D eigenvalue weighted by Crippen LogP contribution is 2.32. The number of hydrogen-bond acceptors (Lipinski definition) is 3. The van der Waals surface area contributed by atoms with Crippen LogP contribution in [0.1, 0.15) is 45.1 Å². The van der Waals surface area contributed by atoms with Crippen LogP contribution in [-0.2, 0) is 17.5 Å². The van der Waals surface area contributed by atoms with Gasteiger partial charge in [0.15, 0.2) is 0 Å². The van der Waals surface area contributed by atoms with Crippen molar-refractivity contribution in [1.82, 2.24) is 4.90 Å². The van der Waals surface area contributed by atoms with Crippen molar-refractivity contribution in [3.63, 3.8) is 0 Å². The molecule has 0 aromatic heterocycles. The number of carbonyl (C=O) groups excluding carboxylic acids is 1. The van der Waals surface area contributed by atoms with E-state index in [1.165, 1.54) is 19.1 Å². The van der Waals surface area contributed by atoms with Crippen LogP contribution < -0.4 is 0 Å². The zero-order valence-corrected chi connectivity index (χ0v) is 17.2. The average molecular weight is 406 g/mol. The summed E-state index contributed by atoms with van der Waals surface area (Å²) in [4.78, 5) is 18.8. The molecule has 0 saturated carbocycles. The van der Waals surface area contributed by atoms with Gasteiger partial charge in [0.25, 0.3) is 0 Å². The van der Waals surface area contributed by atoms with Gasteiger partial charge >= 0.3 is 12.1 Å². The zero-order valence-electron chi connectivity index (χ0n) is 17.2. The highest BCUT2D eigenvalue weighted by Gasteiger charge is 2.32. The fraction of sp³-hybridized carbons (Fsp3) is 0.364. The molecule has 0 aliphatic carbocycles. The van der Waals surface area contributed by atoms with Crippen LogP contribution in [-0.4, -0.2) is 30.8 Å². The second kappa shape index (κ2) is 9.11. The average Bonchev–Trinajstić information content (AvgIpc) is 2.66. The van der Waals surface area contributed by atoms with Crippen LogP contribution in [0.3, 0.4) is 0 Å². The minimum atomic E-state index is -4.44. The Morgan fingerprint density at radius 1 is 1.10 bits per heavy atom. The number of nitrogens with zero attached hydrogens (tertiary/aromatic N) is 2. The van der Waals surface area contributed by atoms with E-state index in [2.05, 4.69) is 4.99 Å². The molecule has 4 nitrogen and oxygen atoms in total. The highest BCUT2D eigenvalue weighted by atomic mass is 19.4. The fourth-order valence-electron chi connectivity index (χ4n) is 2.69. The normalized spacial score (nSPS) is 11.7. The van der Waals surface area contributed by atoms with Crippen molar-refractivity contribution in [3.05, 3.63) is 63.7 Å². The number of alkyl halides is 3. The summed E-state index contributed by atoms with van der Waals surface area (Å²) in [5, 5.41) is 0. The maximum Gasteiger partial charge on any atom is 0.416 e. The number of ether oxygens (including phenoxy) is 1. The van der Waals surface area contributed by atoms with Crippen molar-refractivity contribution < 1.29 is 22.7 Å².